The fraction of sp³-hybridized carbons (Fsp3) is 1.00. The van der Waals surface area contributed by atoms with Gasteiger partial charge in [0.15, 0.2) is 0 Å². The van der Waals surface area contributed by atoms with Crippen molar-refractivity contribution in [3.05, 3.63) is 0 Å². The molecule has 1 unspecified atom stereocenters. The molecule has 3 nitrogen and oxygen atoms in total. The number of aliphatic hydroxyl groups is 1. The lowest BCUT2D eigenvalue weighted by atomic mass is 9.92. The average Bonchev–Trinajstić information content (AvgIpc) is 2.72. The van der Waals surface area contributed by atoms with E-state index in [2.05, 4.69) is 30.7 Å². The van der Waals surface area contributed by atoms with Crippen LogP contribution in [0.2, 0.25) is 0 Å². The largest absolute Gasteiger partial charge is 0.395 e. The van der Waals surface area contributed by atoms with Crippen molar-refractivity contribution < 1.29 is 5.11 Å². The molecule has 1 atom stereocenters. The molecule has 0 aromatic rings. The van der Waals surface area contributed by atoms with Crippen LogP contribution in [0.4, 0.5) is 0 Å². The Morgan fingerprint density at radius 2 is 1.82 bits per heavy atom. The zero-order chi connectivity index (χ0) is 12.5. The molecule has 0 bridgehead atoms. The van der Waals surface area contributed by atoms with Gasteiger partial charge in [0.05, 0.1) is 6.61 Å². The van der Waals surface area contributed by atoms with E-state index >= 15 is 0 Å². The fourth-order valence-corrected chi connectivity index (χ4v) is 3.62. The SMILES string of the molecule is CN1CC(C)(C)CN(C2CCCC2)CC1CO. The Morgan fingerprint density at radius 1 is 1.18 bits per heavy atom. The van der Waals surface area contributed by atoms with Crippen molar-refractivity contribution in [3.63, 3.8) is 0 Å². The molecule has 0 aromatic heterocycles. The van der Waals surface area contributed by atoms with Crippen molar-refractivity contribution in [1.82, 2.24) is 9.80 Å². The number of hydrogen-bond acceptors (Lipinski definition) is 3. The molecule has 1 heterocycles. The van der Waals surface area contributed by atoms with E-state index in [1.54, 1.807) is 0 Å². The van der Waals surface area contributed by atoms with Crippen LogP contribution in [0.5, 0.6) is 0 Å². The molecule has 2 aliphatic rings. The van der Waals surface area contributed by atoms with E-state index in [0.717, 1.165) is 19.1 Å². The van der Waals surface area contributed by atoms with Crippen LogP contribution in [0.3, 0.4) is 0 Å². The quantitative estimate of drug-likeness (QED) is 0.793. The summed E-state index contributed by atoms with van der Waals surface area (Å²) in [5.41, 5.74) is 0.335. The van der Waals surface area contributed by atoms with Crippen LogP contribution in [-0.2, 0) is 0 Å². The Bertz CT molecular complexity index is 249. The summed E-state index contributed by atoms with van der Waals surface area (Å²) in [6, 6.07) is 1.09. The summed E-state index contributed by atoms with van der Waals surface area (Å²) >= 11 is 0. The number of likely N-dealkylation sites (N-methyl/N-ethyl adjacent to an activating group) is 1. The van der Waals surface area contributed by atoms with E-state index in [-0.39, 0.29) is 6.61 Å². The maximum Gasteiger partial charge on any atom is 0.0599 e. The summed E-state index contributed by atoms with van der Waals surface area (Å²) < 4.78 is 0. The zero-order valence-electron chi connectivity index (χ0n) is 11.7. The number of aliphatic hydroxyl groups excluding tert-OH is 1. The normalized spacial score (nSPS) is 32.8. The molecule has 1 N–H and O–H groups in total. The van der Waals surface area contributed by atoms with Gasteiger partial charge in [0, 0.05) is 31.7 Å². The lowest BCUT2D eigenvalue weighted by Crippen LogP contribution is -2.44. The van der Waals surface area contributed by atoms with Gasteiger partial charge >= 0.3 is 0 Å². The van der Waals surface area contributed by atoms with Crippen molar-refractivity contribution >= 4 is 0 Å². The molecular weight excluding hydrogens is 212 g/mol. The van der Waals surface area contributed by atoms with Gasteiger partial charge in [-0.3, -0.25) is 9.80 Å². The highest BCUT2D eigenvalue weighted by Gasteiger charge is 2.35. The van der Waals surface area contributed by atoms with E-state index < -0.39 is 0 Å². The van der Waals surface area contributed by atoms with Crippen LogP contribution >= 0.6 is 0 Å². The molecule has 1 aliphatic heterocycles. The van der Waals surface area contributed by atoms with Crippen molar-refractivity contribution in [1.29, 1.82) is 0 Å². The minimum atomic E-state index is 0.288. The summed E-state index contributed by atoms with van der Waals surface area (Å²) in [5, 5.41) is 9.55. The predicted molar refractivity (Wildman–Crippen MR) is 71.1 cm³/mol. The second-order valence-electron chi connectivity index (χ2n) is 6.78. The molecular formula is C14H28N2O. The second-order valence-corrected chi connectivity index (χ2v) is 6.78. The van der Waals surface area contributed by atoms with Gasteiger partial charge in [-0.25, -0.2) is 0 Å². The summed E-state index contributed by atoms with van der Waals surface area (Å²) in [6.07, 6.45) is 5.50. The molecule has 1 aliphatic carbocycles. The molecule has 0 radical (unpaired) electrons. The molecule has 0 aromatic carbocycles. The van der Waals surface area contributed by atoms with E-state index in [0.29, 0.717) is 11.5 Å². The third kappa shape index (κ3) is 3.21. The third-order valence-corrected chi connectivity index (χ3v) is 4.43. The molecule has 2 rings (SSSR count). The Kier molecular flexibility index (Phi) is 4.11. The Morgan fingerprint density at radius 3 is 2.41 bits per heavy atom. The first kappa shape index (κ1) is 13.3. The molecule has 17 heavy (non-hydrogen) atoms. The van der Waals surface area contributed by atoms with Gasteiger partial charge in [-0.05, 0) is 25.3 Å². The summed E-state index contributed by atoms with van der Waals surface area (Å²) in [5.74, 6) is 0. The Labute approximate surface area is 106 Å². The Balaban J connectivity index is 2.08. The minimum Gasteiger partial charge on any atom is -0.395 e. The van der Waals surface area contributed by atoms with Crippen molar-refractivity contribution in [3.8, 4) is 0 Å². The summed E-state index contributed by atoms with van der Waals surface area (Å²) in [4.78, 5) is 4.99. The summed E-state index contributed by atoms with van der Waals surface area (Å²) in [7, 11) is 2.15. The molecule has 2 fully saturated rings. The molecule has 100 valence electrons. The third-order valence-electron chi connectivity index (χ3n) is 4.43. The predicted octanol–water partition coefficient (Wildman–Crippen LogP) is 1.56. The van der Waals surface area contributed by atoms with Crippen LogP contribution in [0.1, 0.15) is 39.5 Å². The molecule has 3 heteroatoms. The van der Waals surface area contributed by atoms with Crippen molar-refractivity contribution in [2.45, 2.75) is 51.6 Å². The van der Waals surface area contributed by atoms with Gasteiger partial charge in [0.25, 0.3) is 0 Å². The average molecular weight is 240 g/mol. The number of rotatable bonds is 2. The first-order valence-electron chi connectivity index (χ1n) is 7.07. The lowest BCUT2D eigenvalue weighted by molar-refractivity contribution is 0.115. The van der Waals surface area contributed by atoms with Crippen LogP contribution in [0, 0.1) is 5.41 Å². The van der Waals surface area contributed by atoms with Gasteiger partial charge in [0.2, 0.25) is 0 Å². The van der Waals surface area contributed by atoms with Crippen molar-refractivity contribution in [2.75, 3.05) is 33.3 Å². The van der Waals surface area contributed by atoms with Gasteiger partial charge in [-0.15, -0.1) is 0 Å². The highest BCUT2D eigenvalue weighted by Crippen LogP contribution is 2.30. The molecule has 1 saturated heterocycles. The van der Waals surface area contributed by atoms with Gasteiger partial charge in [-0.2, -0.15) is 0 Å². The number of hydrogen-bond donors (Lipinski definition) is 1. The monoisotopic (exact) mass is 240 g/mol. The first-order chi connectivity index (χ1) is 8.02. The number of nitrogens with zero attached hydrogens (tertiary/aromatic N) is 2. The maximum absolute atomic E-state index is 9.55. The van der Waals surface area contributed by atoms with E-state index in [4.69, 9.17) is 0 Å². The fourth-order valence-electron chi connectivity index (χ4n) is 3.62. The van der Waals surface area contributed by atoms with Crippen LogP contribution in [-0.4, -0.2) is 60.3 Å². The lowest BCUT2D eigenvalue weighted by Gasteiger charge is -2.33. The standard InChI is InChI=1S/C14H28N2O/c1-14(2)10-15(3)13(9-17)8-16(11-14)12-6-4-5-7-12/h12-13,17H,4-11H2,1-3H3. The second kappa shape index (κ2) is 5.25. The van der Waals surface area contributed by atoms with Gasteiger partial charge in [0.1, 0.15) is 0 Å². The molecule has 0 amide bonds. The van der Waals surface area contributed by atoms with E-state index in [9.17, 15) is 5.11 Å². The van der Waals surface area contributed by atoms with Crippen LogP contribution < -0.4 is 0 Å². The molecule has 1 saturated carbocycles. The highest BCUT2D eigenvalue weighted by atomic mass is 16.3. The smallest absolute Gasteiger partial charge is 0.0599 e. The minimum absolute atomic E-state index is 0.288. The van der Waals surface area contributed by atoms with Crippen LogP contribution in [0.25, 0.3) is 0 Å². The highest BCUT2D eigenvalue weighted by molar-refractivity contribution is 4.90. The van der Waals surface area contributed by atoms with Gasteiger partial charge < -0.3 is 5.11 Å². The maximum atomic E-state index is 9.55. The van der Waals surface area contributed by atoms with Gasteiger partial charge in [-0.1, -0.05) is 26.7 Å². The van der Waals surface area contributed by atoms with E-state index in [1.807, 2.05) is 0 Å². The van der Waals surface area contributed by atoms with Crippen molar-refractivity contribution in [2.24, 2.45) is 5.41 Å². The first-order valence-corrected chi connectivity index (χ1v) is 7.07. The van der Waals surface area contributed by atoms with Crippen LogP contribution in [0.15, 0.2) is 0 Å². The molecule has 0 spiro atoms. The topological polar surface area (TPSA) is 26.7 Å². The summed E-state index contributed by atoms with van der Waals surface area (Å²) in [6.45, 7) is 8.30. The van der Waals surface area contributed by atoms with E-state index in [1.165, 1.54) is 32.2 Å². The zero-order valence-corrected chi connectivity index (χ0v) is 11.7. The Hall–Kier alpha value is -0.120.